The zero-order valence-corrected chi connectivity index (χ0v) is 76.5. The minimum Gasteiger partial charge on any atom is -0.484 e. The molecule has 686 valence electrons. The van der Waals surface area contributed by atoms with E-state index in [0.29, 0.717) is 74.8 Å². The Labute approximate surface area is 769 Å². The fourth-order valence-electron chi connectivity index (χ4n) is 17.1. The average molecular weight is 1790 g/mol. The number of fused-ring (bicyclic) bond motifs is 3. The number of Topliss-reactive ketones (excluding diaryl/α,β-unsaturated/α-hetero) is 1. The zero-order valence-electron chi connectivity index (χ0n) is 76.5. The molecular weight excluding hydrogens is 1670 g/mol. The maximum atomic E-state index is 13.5. The topological polar surface area (TPSA) is 358 Å². The van der Waals surface area contributed by atoms with Crippen LogP contribution in [0.15, 0.2) is 189 Å². The van der Waals surface area contributed by atoms with E-state index < -0.39 is 0 Å². The number of likely N-dealkylation sites (N-methyl/N-ethyl adjacent to an activating group) is 3. The number of hydrogen-bond acceptors (Lipinski definition) is 28. The number of amides is 3. The highest BCUT2D eigenvalue weighted by Gasteiger charge is 2.35. The molecule has 3 atom stereocenters. The van der Waals surface area contributed by atoms with Gasteiger partial charge in [0.1, 0.15) is 30.5 Å². The van der Waals surface area contributed by atoms with Crippen LogP contribution in [0.25, 0.3) is 33.7 Å². The molecule has 0 bridgehead atoms. The summed E-state index contributed by atoms with van der Waals surface area (Å²) in [6.45, 7) is 19.3. The molecule has 3 amide bonds. The molecule has 132 heavy (non-hydrogen) atoms. The first kappa shape index (κ1) is 93.6. The lowest BCUT2D eigenvalue weighted by Crippen LogP contribution is -2.54. The van der Waals surface area contributed by atoms with Crippen molar-refractivity contribution in [2.75, 3.05) is 179 Å². The number of nitrogens with one attached hydrogen (secondary N) is 6. The molecule has 32 heteroatoms. The number of rotatable bonds is 32. The van der Waals surface area contributed by atoms with Crippen molar-refractivity contribution in [2.24, 2.45) is 0 Å². The predicted octanol–water partition coefficient (Wildman–Crippen LogP) is 11.1. The van der Waals surface area contributed by atoms with Crippen molar-refractivity contribution in [1.82, 2.24) is 79.1 Å². The lowest BCUT2D eigenvalue weighted by atomic mass is 9.99. The fraction of sp³-hybridized carbons (Fsp3) is 0.350. The van der Waals surface area contributed by atoms with Gasteiger partial charge in [-0.05, 0) is 165 Å². The number of benzene rings is 5. The Morgan fingerprint density at radius 3 is 1.30 bits per heavy atom. The summed E-state index contributed by atoms with van der Waals surface area (Å²) < 4.78 is 23.6. The number of ether oxygens (including phenoxy) is 4. The standard InChI is InChI=1S/C35H39N7O3.C33H38N8O3.C32H39N7O4/c1-23-19-37-35(38-25-11-14-30(36-20-25)26-8-5-4-7-24(26)21-43)40-33(23)29-13-12-28-27(29)9-6-10-31(28)39-34(44)32(22-45-3)42-17-15-41(2)16-18-42;1-22-17-34-33(36-24-18-35-41(19-24)25-7-4-6-23(16-25)20-42)38-31(22)28-11-10-27-26(28)8-5-9-29(27)37-32(43)30(21-44-3)40-14-12-39(2)13-15-40;1-5-23(40)19-43-24-15-22(17-33-18-24)35-32-34-16-21(2)30(37-32)27-10-9-26-25(27)7-6-8-28(26)36-31(41)29(20-42-4)39-13-11-38(3)12-14-39/h4-11,13-14,19-20,32,43H,12,15-18,21-22H2,1-3H3,(H,39,44)(H,37,38,40);4-9,11,16-19,30,42H,10,12-15,20-21H2,1-3H3,(H,37,43)(H,34,36,38);6-8,10,15-18,29H,5,9,11-14,19-20H2,1-4H3,(H,36,41)(H,34,35,37)/t32-;30-;29-/m111/s1. The summed E-state index contributed by atoms with van der Waals surface area (Å²) in [5, 5.41) is 43.0. The Kier molecular flexibility index (Phi) is 31.3. The molecule has 3 fully saturated rings. The third kappa shape index (κ3) is 22.7. The van der Waals surface area contributed by atoms with Crippen molar-refractivity contribution in [3.63, 3.8) is 0 Å². The Morgan fingerprint density at radius 1 is 0.439 bits per heavy atom. The number of pyridine rings is 2. The molecule has 0 radical (unpaired) electrons. The second kappa shape index (κ2) is 44.2. The van der Waals surface area contributed by atoms with Gasteiger partial charge in [-0.15, -0.1) is 0 Å². The number of ketones is 1. The first-order valence-corrected chi connectivity index (χ1v) is 44.7. The van der Waals surface area contributed by atoms with Crippen LogP contribution in [0.5, 0.6) is 5.75 Å². The molecule has 9 heterocycles. The maximum Gasteiger partial charge on any atom is 0.244 e. The van der Waals surface area contributed by atoms with Gasteiger partial charge >= 0.3 is 0 Å². The summed E-state index contributed by atoms with van der Waals surface area (Å²) in [6, 6.07) is 37.8. The molecule has 5 aromatic carbocycles. The van der Waals surface area contributed by atoms with E-state index in [4.69, 9.17) is 33.9 Å². The molecule has 11 aromatic rings. The number of aromatic nitrogens is 10. The summed E-state index contributed by atoms with van der Waals surface area (Å²) in [7, 11) is 11.2. The normalized spacial score (nSPS) is 15.9. The molecular formula is C100H116N22O10. The highest BCUT2D eigenvalue weighted by atomic mass is 16.5. The minimum atomic E-state index is -0.355. The van der Waals surface area contributed by atoms with E-state index in [-0.39, 0.29) is 61.5 Å². The van der Waals surface area contributed by atoms with Gasteiger partial charge in [0, 0.05) is 170 Å². The van der Waals surface area contributed by atoms with Crippen molar-refractivity contribution in [3.8, 4) is 22.7 Å². The van der Waals surface area contributed by atoms with Crippen molar-refractivity contribution < 1.29 is 48.3 Å². The van der Waals surface area contributed by atoms with E-state index in [1.807, 2.05) is 136 Å². The Hall–Kier alpha value is -13.1. The summed E-state index contributed by atoms with van der Waals surface area (Å²) >= 11 is 0. The Bertz CT molecular complexity index is 6020. The smallest absolute Gasteiger partial charge is 0.244 e. The van der Waals surface area contributed by atoms with E-state index in [1.165, 1.54) is 0 Å². The van der Waals surface area contributed by atoms with Crippen LogP contribution in [-0.2, 0) is 65.9 Å². The van der Waals surface area contributed by atoms with Gasteiger partial charge in [0.2, 0.25) is 35.6 Å². The van der Waals surface area contributed by atoms with Crippen molar-refractivity contribution in [2.45, 2.75) is 84.7 Å². The van der Waals surface area contributed by atoms with Crippen LogP contribution in [0.3, 0.4) is 0 Å². The maximum absolute atomic E-state index is 13.5. The average Bonchev–Trinajstić information content (AvgIpc) is 1.63. The molecule has 6 aliphatic rings. The van der Waals surface area contributed by atoms with Gasteiger partial charge in [-0.1, -0.05) is 97.9 Å². The summed E-state index contributed by atoms with van der Waals surface area (Å²) in [6.07, 6.45) is 22.9. The number of allylic oxidation sites excluding steroid dienone is 3. The fourth-order valence-corrected chi connectivity index (χ4v) is 17.1. The highest BCUT2D eigenvalue weighted by Crippen LogP contribution is 2.42. The van der Waals surface area contributed by atoms with Gasteiger partial charge in [-0.3, -0.25) is 43.8 Å². The number of hydrogen-bond donors (Lipinski definition) is 8. The van der Waals surface area contributed by atoms with Gasteiger partial charge in [-0.25, -0.2) is 34.6 Å². The van der Waals surface area contributed by atoms with Gasteiger partial charge in [0.05, 0.1) is 110 Å². The first-order valence-electron chi connectivity index (χ1n) is 44.7. The third-order valence-corrected chi connectivity index (χ3v) is 24.6. The molecule has 0 saturated carbocycles. The second-order valence-corrected chi connectivity index (χ2v) is 33.7. The van der Waals surface area contributed by atoms with Crippen molar-refractivity contribution in [3.05, 3.63) is 267 Å². The van der Waals surface area contributed by atoms with Crippen LogP contribution in [-0.4, -0.2) is 278 Å². The highest BCUT2D eigenvalue weighted by molar-refractivity contribution is 6.00. The molecule has 32 nitrogen and oxygen atoms in total. The van der Waals surface area contributed by atoms with Crippen LogP contribution in [0, 0.1) is 20.8 Å². The van der Waals surface area contributed by atoms with E-state index in [9.17, 15) is 29.4 Å². The molecule has 3 aliphatic carbocycles. The van der Waals surface area contributed by atoms with Crippen LogP contribution in [0.2, 0.25) is 0 Å². The number of aliphatic hydroxyl groups excluding tert-OH is 2. The molecule has 6 aromatic heterocycles. The number of nitrogens with zero attached hydrogens (tertiary/aromatic N) is 16. The minimum absolute atomic E-state index is 0.00567. The number of anilines is 9. The second-order valence-electron chi connectivity index (χ2n) is 33.7. The van der Waals surface area contributed by atoms with Crippen LogP contribution in [0.1, 0.15) is 91.6 Å². The number of aryl methyl sites for hydroxylation is 3. The lowest BCUT2D eigenvalue weighted by molar-refractivity contribution is -0.124. The van der Waals surface area contributed by atoms with Crippen LogP contribution >= 0.6 is 0 Å². The van der Waals surface area contributed by atoms with Gasteiger partial charge in [-0.2, -0.15) is 5.10 Å². The Balaban J connectivity index is 0.000000151. The van der Waals surface area contributed by atoms with E-state index >= 15 is 0 Å². The van der Waals surface area contributed by atoms with Crippen LogP contribution in [0.4, 0.5) is 52.0 Å². The number of carbonyl (C=O) groups excluding carboxylic acids is 4. The van der Waals surface area contributed by atoms with Crippen molar-refractivity contribution in [1.29, 1.82) is 0 Å². The zero-order chi connectivity index (χ0) is 92.3. The number of piperazine rings is 3. The summed E-state index contributed by atoms with van der Waals surface area (Å²) in [4.78, 5) is 103. The molecule has 0 unspecified atom stereocenters. The molecule has 0 spiro atoms. The van der Waals surface area contributed by atoms with Crippen LogP contribution < -0.4 is 36.6 Å². The first-order chi connectivity index (χ1) is 64.2. The lowest BCUT2D eigenvalue weighted by Gasteiger charge is -2.36. The number of carbonyl (C=O) groups is 4. The third-order valence-electron chi connectivity index (χ3n) is 24.6. The predicted molar refractivity (Wildman–Crippen MR) is 512 cm³/mol. The quantitative estimate of drug-likeness (QED) is 0.0194. The SMILES string of the molecule is CCC(=O)COc1cncc(Nc2ncc(C)c(C3=CCc4c(NC(=O)[C@@H](COC)N5CCN(C)CC5)cccc43)n2)c1.COC[C@H](C(=O)Nc1cccc2c1CC=C2c1nc(Nc2ccc(-c3ccccc3CO)nc2)ncc1C)N1CCN(C)CC1.COC[C@H](C(=O)Nc1cccc2c1CC=C2c1nc(Nc2cnn(-c3cccc(CO)c3)c2)ncc1C)N1CCN(C)CC1. The van der Waals surface area contributed by atoms with E-state index in [0.717, 1.165) is 219 Å². The number of aliphatic hydroxyl groups is 2. The largest absolute Gasteiger partial charge is 0.484 e. The van der Waals surface area contributed by atoms with Crippen molar-refractivity contribution >= 4 is 92.2 Å². The van der Waals surface area contributed by atoms with E-state index in [1.54, 1.807) is 70.0 Å². The summed E-state index contributed by atoms with van der Waals surface area (Å²) in [5.41, 5.74) is 23.5. The molecule has 17 rings (SSSR count). The molecule has 3 saturated heterocycles. The summed E-state index contributed by atoms with van der Waals surface area (Å²) in [5.74, 6) is 1.69. The Morgan fingerprint density at radius 2 is 0.871 bits per heavy atom. The number of methoxy groups -OCH3 is 3. The van der Waals surface area contributed by atoms with Gasteiger partial charge in [0.25, 0.3) is 0 Å². The van der Waals surface area contributed by atoms with Gasteiger partial charge < -0.3 is 75.8 Å². The van der Waals surface area contributed by atoms with E-state index in [2.05, 4.69) is 149 Å². The van der Waals surface area contributed by atoms with Gasteiger partial charge in [0.15, 0.2) is 5.78 Å². The monoisotopic (exact) mass is 1780 g/mol. The molecule has 3 aliphatic heterocycles. The molecule has 8 N–H and O–H groups in total.